The molecule has 11 heteroatoms. The van der Waals surface area contributed by atoms with Crippen LogP contribution in [0.4, 0.5) is 4.79 Å². The Hall–Kier alpha value is -2.40. The van der Waals surface area contributed by atoms with Crippen molar-refractivity contribution < 1.29 is 39.2 Å². The zero-order chi connectivity index (χ0) is 18.5. The van der Waals surface area contributed by atoms with E-state index in [9.17, 15) is 24.3 Å². The first-order chi connectivity index (χ1) is 11.3. The summed E-state index contributed by atoms with van der Waals surface area (Å²) < 4.78 is 4.67. The quantitative estimate of drug-likeness (QED) is 0.252. The molecule has 6 N–H and O–H groups in total. The van der Waals surface area contributed by atoms with Crippen LogP contribution in [0.3, 0.4) is 0 Å². The first-order valence-corrected chi connectivity index (χ1v) is 7.29. The minimum Gasteiger partial charge on any atom is -0.480 e. The van der Waals surface area contributed by atoms with Crippen LogP contribution in [0, 0.1) is 0 Å². The first kappa shape index (κ1) is 21.6. The van der Waals surface area contributed by atoms with Gasteiger partial charge in [0.15, 0.2) is 0 Å². The third-order valence-corrected chi connectivity index (χ3v) is 2.93. The van der Waals surface area contributed by atoms with Gasteiger partial charge in [-0.1, -0.05) is 0 Å². The molecule has 0 saturated heterocycles. The third-order valence-electron chi connectivity index (χ3n) is 2.93. The van der Waals surface area contributed by atoms with Crippen molar-refractivity contribution in [2.45, 2.75) is 25.3 Å². The molecule has 0 aromatic carbocycles. The van der Waals surface area contributed by atoms with Crippen molar-refractivity contribution in [3.63, 3.8) is 0 Å². The van der Waals surface area contributed by atoms with Gasteiger partial charge in [0.1, 0.15) is 12.6 Å². The number of unbranched alkanes of at least 4 members (excludes halogenated alkanes) is 1. The first-order valence-electron chi connectivity index (χ1n) is 7.29. The van der Waals surface area contributed by atoms with E-state index in [1.807, 2.05) is 0 Å². The predicted molar refractivity (Wildman–Crippen MR) is 80.5 cm³/mol. The average molecular weight is 349 g/mol. The van der Waals surface area contributed by atoms with Crippen molar-refractivity contribution in [3.05, 3.63) is 0 Å². The van der Waals surface area contributed by atoms with E-state index in [4.69, 9.17) is 15.9 Å². The lowest BCUT2D eigenvalue weighted by atomic mass is 10.1. The molecule has 0 rings (SSSR count). The van der Waals surface area contributed by atoms with Gasteiger partial charge in [-0.3, -0.25) is 19.3 Å². The molecular weight excluding hydrogens is 326 g/mol. The third kappa shape index (κ3) is 10.3. The van der Waals surface area contributed by atoms with Gasteiger partial charge in [0.2, 0.25) is 0 Å². The number of aliphatic carboxylic acids is 3. The van der Waals surface area contributed by atoms with E-state index in [0.717, 1.165) is 4.90 Å². The van der Waals surface area contributed by atoms with Crippen LogP contribution in [0.5, 0.6) is 0 Å². The molecule has 0 spiro atoms. The number of carboxylic acid groups (broad SMARTS) is 3. The topological polar surface area (TPSA) is 179 Å². The maximum absolute atomic E-state index is 11.3. The lowest BCUT2D eigenvalue weighted by Gasteiger charge is -2.25. The van der Waals surface area contributed by atoms with Crippen LogP contribution in [0.1, 0.15) is 19.3 Å². The van der Waals surface area contributed by atoms with Crippen LogP contribution in [0.2, 0.25) is 0 Å². The molecule has 0 aromatic rings. The number of carbonyl (C=O) groups excluding carboxylic acids is 1. The summed E-state index contributed by atoms with van der Waals surface area (Å²) in [5, 5.41) is 29.2. The molecule has 1 unspecified atom stereocenters. The van der Waals surface area contributed by atoms with Gasteiger partial charge >= 0.3 is 24.0 Å². The van der Waals surface area contributed by atoms with Crippen molar-refractivity contribution in [2.24, 2.45) is 5.73 Å². The van der Waals surface area contributed by atoms with Crippen LogP contribution in [0.15, 0.2) is 0 Å². The molecule has 0 heterocycles. The smallest absolute Gasteiger partial charge is 0.407 e. The number of alkyl carbamates (subject to hydrolysis) is 1. The second-order valence-corrected chi connectivity index (χ2v) is 4.89. The number of nitrogens with two attached hydrogens (primary N) is 1. The highest BCUT2D eigenvalue weighted by Crippen LogP contribution is 2.09. The zero-order valence-electron chi connectivity index (χ0n) is 13.1. The number of carbonyl (C=O) groups is 4. The Morgan fingerprint density at radius 3 is 2.08 bits per heavy atom. The number of hydrogen-bond donors (Lipinski definition) is 5. The summed E-state index contributed by atoms with van der Waals surface area (Å²) in [4.78, 5) is 44.8. The van der Waals surface area contributed by atoms with Gasteiger partial charge in [0, 0.05) is 13.1 Å². The van der Waals surface area contributed by atoms with Crippen LogP contribution in [-0.4, -0.2) is 83.0 Å². The maximum Gasteiger partial charge on any atom is 0.407 e. The maximum atomic E-state index is 11.3. The molecular formula is C13H23N3O8. The number of nitrogens with one attached hydrogen (secondary N) is 1. The normalized spacial score (nSPS) is 11.8. The second-order valence-electron chi connectivity index (χ2n) is 4.89. The Balaban J connectivity index is 4.35. The number of carboxylic acids is 3. The van der Waals surface area contributed by atoms with Crippen molar-refractivity contribution in [3.8, 4) is 0 Å². The number of ether oxygens (including phenoxy) is 1. The summed E-state index contributed by atoms with van der Waals surface area (Å²) in [5.41, 5.74) is 5.16. The molecule has 24 heavy (non-hydrogen) atoms. The highest BCUT2D eigenvalue weighted by molar-refractivity contribution is 5.78. The van der Waals surface area contributed by atoms with Crippen molar-refractivity contribution in [2.75, 3.05) is 32.8 Å². The van der Waals surface area contributed by atoms with Crippen LogP contribution >= 0.6 is 0 Å². The van der Waals surface area contributed by atoms with E-state index in [1.165, 1.54) is 0 Å². The minimum atomic E-state index is -1.31. The number of nitrogens with zero attached hydrogens (tertiary/aromatic N) is 1. The van der Waals surface area contributed by atoms with Gasteiger partial charge in [-0.2, -0.15) is 0 Å². The standard InChI is InChI=1S/C13H23N3O8/c14-4-6-24-13(23)15-5-2-1-3-9(12(21)22)16(7-10(17)18)8-11(19)20/h9H,1-8,14H2,(H,15,23)(H,17,18)(H,19,20)(H,21,22). The fourth-order valence-corrected chi connectivity index (χ4v) is 1.94. The Morgan fingerprint density at radius 1 is 1.04 bits per heavy atom. The highest BCUT2D eigenvalue weighted by Gasteiger charge is 2.28. The fraction of sp³-hybridized carbons (Fsp3) is 0.692. The summed E-state index contributed by atoms with van der Waals surface area (Å²) in [6.45, 7) is -0.837. The minimum absolute atomic E-state index is 0.0510. The Bertz CT molecular complexity index is 427. The molecule has 0 aliphatic rings. The molecule has 0 aliphatic heterocycles. The summed E-state index contributed by atoms with van der Waals surface area (Å²) >= 11 is 0. The lowest BCUT2D eigenvalue weighted by Crippen LogP contribution is -2.46. The molecule has 0 saturated carbocycles. The number of hydrogen-bond acceptors (Lipinski definition) is 7. The summed E-state index contributed by atoms with van der Waals surface area (Å²) in [5.74, 6) is -3.92. The molecule has 0 aliphatic carbocycles. The van der Waals surface area contributed by atoms with Gasteiger partial charge in [-0.05, 0) is 19.3 Å². The number of amides is 1. The van der Waals surface area contributed by atoms with Crippen molar-refractivity contribution >= 4 is 24.0 Å². The number of rotatable bonds is 13. The highest BCUT2D eigenvalue weighted by atomic mass is 16.5. The van der Waals surface area contributed by atoms with Crippen molar-refractivity contribution in [1.29, 1.82) is 0 Å². The molecule has 0 aromatic heterocycles. The SMILES string of the molecule is NCCOC(=O)NCCCCC(C(=O)O)N(CC(=O)O)CC(=O)O. The Morgan fingerprint density at radius 2 is 1.62 bits per heavy atom. The summed E-state index contributed by atoms with van der Waals surface area (Å²) in [6.07, 6.45) is 0.197. The monoisotopic (exact) mass is 349 g/mol. The molecule has 0 fully saturated rings. The van der Waals surface area contributed by atoms with Gasteiger partial charge in [0.25, 0.3) is 0 Å². The van der Waals surface area contributed by atoms with E-state index >= 15 is 0 Å². The van der Waals surface area contributed by atoms with E-state index in [1.54, 1.807) is 0 Å². The average Bonchev–Trinajstić information content (AvgIpc) is 2.46. The van der Waals surface area contributed by atoms with Crippen molar-refractivity contribution in [1.82, 2.24) is 10.2 Å². The lowest BCUT2D eigenvalue weighted by molar-refractivity contribution is -0.149. The van der Waals surface area contributed by atoms with Gasteiger partial charge in [-0.15, -0.1) is 0 Å². The van der Waals surface area contributed by atoms with Gasteiger partial charge in [0.05, 0.1) is 13.1 Å². The zero-order valence-corrected chi connectivity index (χ0v) is 13.1. The molecule has 1 amide bonds. The second kappa shape index (κ2) is 12.1. The van der Waals surface area contributed by atoms with Crippen LogP contribution in [-0.2, 0) is 19.1 Å². The van der Waals surface area contributed by atoms with Crippen LogP contribution in [0.25, 0.3) is 0 Å². The van der Waals surface area contributed by atoms with E-state index < -0.39 is 43.1 Å². The Labute approximate surface area is 138 Å². The summed E-state index contributed by atoms with van der Waals surface area (Å²) in [7, 11) is 0. The molecule has 0 bridgehead atoms. The van der Waals surface area contributed by atoms with E-state index in [0.29, 0.717) is 12.8 Å². The van der Waals surface area contributed by atoms with Gasteiger partial charge in [-0.25, -0.2) is 4.79 Å². The largest absolute Gasteiger partial charge is 0.480 e. The van der Waals surface area contributed by atoms with Crippen LogP contribution < -0.4 is 11.1 Å². The van der Waals surface area contributed by atoms with Gasteiger partial charge < -0.3 is 31.1 Å². The fourth-order valence-electron chi connectivity index (χ4n) is 1.94. The predicted octanol–water partition coefficient (Wildman–Crippen LogP) is -1.23. The van der Waals surface area contributed by atoms with E-state index in [-0.39, 0.29) is 26.1 Å². The molecule has 11 nitrogen and oxygen atoms in total. The summed E-state index contributed by atoms with van der Waals surface area (Å²) in [6, 6.07) is -1.23. The van der Waals surface area contributed by atoms with E-state index in [2.05, 4.69) is 10.1 Å². The Kier molecular flexibility index (Phi) is 10.9. The molecule has 0 radical (unpaired) electrons. The molecule has 138 valence electrons. The molecule has 1 atom stereocenters.